The van der Waals surface area contributed by atoms with Gasteiger partial charge in [-0.2, -0.15) is 0 Å². The van der Waals surface area contributed by atoms with Crippen LogP contribution in [0.15, 0.2) is 73.3 Å². The van der Waals surface area contributed by atoms with E-state index in [0.29, 0.717) is 0 Å². The van der Waals surface area contributed by atoms with Crippen LogP contribution in [0.4, 0.5) is 4.79 Å². The Labute approximate surface area is 171 Å². The monoisotopic (exact) mass is 390 g/mol. The molecule has 29 heavy (non-hydrogen) atoms. The van der Waals surface area contributed by atoms with Crippen molar-refractivity contribution in [3.05, 3.63) is 84.4 Å². The van der Waals surface area contributed by atoms with Crippen LogP contribution in [0.25, 0.3) is 0 Å². The highest BCUT2D eigenvalue weighted by Gasteiger charge is 2.58. The third-order valence-corrected chi connectivity index (χ3v) is 5.53. The first-order valence-corrected chi connectivity index (χ1v) is 9.78. The van der Waals surface area contributed by atoms with Crippen LogP contribution in [-0.2, 0) is 22.7 Å². The average molecular weight is 390 g/mol. The highest BCUT2D eigenvalue weighted by atomic mass is 16.2. The van der Waals surface area contributed by atoms with Gasteiger partial charge in [-0.05, 0) is 23.5 Å². The van der Waals surface area contributed by atoms with Gasteiger partial charge >= 0.3 is 6.03 Å². The van der Waals surface area contributed by atoms with E-state index >= 15 is 0 Å². The molecule has 5 heteroatoms. The Morgan fingerprint density at radius 2 is 1.24 bits per heavy atom. The van der Waals surface area contributed by atoms with Gasteiger partial charge in [-0.1, -0.05) is 80.6 Å². The Kier molecular flexibility index (Phi) is 5.97. The van der Waals surface area contributed by atoms with E-state index in [4.69, 9.17) is 0 Å². The molecule has 1 fully saturated rings. The summed E-state index contributed by atoms with van der Waals surface area (Å²) in [6, 6.07) is 18.1. The number of allylic oxidation sites excluding steroid dienone is 1. The second kappa shape index (κ2) is 8.43. The second-order valence-electron chi connectivity index (χ2n) is 7.66. The number of benzene rings is 2. The first-order chi connectivity index (χ1) is 13.9. The van der Waals surface area contributed by atoms with Gasteiger partial charge in [-0.3, -0.25) is 19.4 Å². The lowest BCUT2D eigenvalue weighted by molar-refractivity contribution is -0.163. The number of hydrogen-bond donors (Lipinski definition) is 0. The van der Waals surface area contributed by atoms with Crippen LogP contribution in [0, 0.1) is 11.3 Å². The predicted octanol–water partition coefficient (Wildman–Crippen LogP) is 4.40. The molecule has 0 spiro atoms. The fraction of sp³-hybridized carbons (Fsp3) is 0.292. The van der Waals surface area contributed by atoms with Crippen LogP contribution in [0.1, 0.15) is 31.4 Å². The van der Waals surface area contributed by atoms with Crippen LogP contribution in [0.2, 0.25) is 0 Å². The summed E-state index contributed by atoms with van der Waals surface area (Å²) in [6.45, 7) is 7.70. The number of imide groups is 2. The van der Waals surface area contributed by atoms with E-state index < -0.39 is 23.3 Å². The largest absolute Gasteiger partial charge is 0.334 e. The van der Waals surface area contributed by atoms with Crippen LogP contribution < -0.4 is 0 Å². The van der Waals surface area contributed by atoms with Crippen molar-refractivity contribution >= 4 is 17.8 Å². The Morgan fingerprint density at radius 3 is 1.59 bits per heavy atom. The van der Waals surface area contributed by atoms with E-state index in [1.54, 1.807) is 6.08 Å². The van der Waals surface area contributed by atoms with Gasteiger partial charge in [-0.25, -0.2) is 4.79 Å². The van der Waals surface area contributed by atoms with Crippen molar-refractivity contribution in [3.63, 3.8) is 0 Å². The summed E-state index contributed by atoms with van der Waals surface area (Å²) in [4.78, 5) is 42.7. The first-order valence-electron chi connectivity index (χ1n) is 9.78. The lowest BCUT2D eigenvalue weighted by Crippen LogP contribution is -2.66. The Balaban J connectivity index is 2.05. The molecule has 1 aliphatic rings. The minimum Gasteiger partial charge on any atom is -0.273 e. The van der Waals surface area contributed by atoms with Crippen molar-refractivity contribution in [2.24, 2.45) is 11.3 Å². The molecular formula is C24H26N2O3. The quantitative estimate of drug-likeness (QED) is 0.520. The summed E-state index contributed by atoms with van der Waals surface area (Å²) in [5, 5.41) is 0. The van der Waals surface area contributed by atoms with Gasteiger partial charge in [0.1, 0.15) is 5.41 Å². The summed E-state index contributed by atoms with van der Waals surface area (Å²) in [5.41, 5.74) is 0.332. The van der Waals surface area contributed by atoms with Crippen LogP contribution in [0.3, 0.4) is 0 Å². The van der Waals surface area contributed by atoms with E-state index in [-0.39, 0.29) is 25.4 Å². The smallest absolute Gasteiger partial charge is 0.273 e. The van der Waals surface area contributed by atoms with Gasteiger partial charge in [0, 0.05) is 0 Å². The molecule has 0 N–H and O–H groups in total. The molecule has 4 amide bonds. The minimum atomic E-state index is -1.33. The fourth-order valence-corrected chi connectivity index (χ4v) is 3.84. The molecule has 0 unspecified atom stereocenters. The zero-order valence-electron chi connectivity index (χ0n) is 16.9. The predicted molar refractivity (Wildman–Crippen MR) is 111 cm³/mol. The zero-order chi connectivity index (χ0) is 21.0. The van der Waals surface area contributed by atoms with Crippen molar-refractivity contribution in [1.82, 2.24) is 9.80 Å². The highest BCUT2D eigenvalue weighted by Crippen LogP contribution is 2.41. The molecule has 1 heterocycles. The summed E-state index contributed by atoms with van der Waals surface area (Å²) in [6.07, 6.45) is 1.78. The van der Waals surface area contributed by atoms with Gasteiger partial charge in [-0.15, -0.1) is 6.58 Å². The molecule has 3 rings (SSSR count). The summed E-state index contributed by atoms with van der Waals surface area (Å²) in [7, 11) is 0. The van der Waals surface area contributed by atoms with Gasteiger partial charge in [0.05, 0.1) is 13.1 Å². The molecule has 0 aromatic heterocycles. The third-order valence-electron chi connectivity index (χ3n) is 5.53. The third kappa shape index (κ3) is 3.73. The Morgan fingerprint density at radius 1 is 0.828 bits per heavy atom. The summed E-state index contributed by atoms with van der Waals surface area (Å²) >= 11 is 0. The molecule has 0 bridgehead atoms. The molecule has 150 valence electrons. The summed E-state index contributed by atoms with van der Waals surface area (Å²) in [5.74, 6) is -1.18. The molecule has 5 nitrogen and oxygen atoms in total. The molecule has 2 aromatic rings. The number of nitrogens with zero attached hydrogens (tertiary/aromatic N) is 2. The number of hydrogen-bond acceptors (Lipinski definition) is 3. The standard InChI is InChI=1S/C24H26N2O3/c1-4-15-24(18(2)3)21(27)25(16-19-11-7-5-8-12-19)23(29)26(22(24)28)17-20-13-9-6-10-14-20/h4-14,18H,1,15-17H2,2-3H3. The number of urea groups is 1. The normalized spacial score (nSPS) is 16.4. The van der Waals surface area contributed by atoms with Crippen molar-refractivity contribution in [2.75, 3.05) is 0 Å². The van der Waals surface area contributed by atoms with Gasteiger partial charge in [0.2, 0.25) is 11.8 Å². The van der Waals surface area contributed by atoms with E-state index in [9.17, 15) is 14.4 Å². The topological polar surface area (TPSA) is 57.7 Å². The molecule has 1 aliphatic heterocycles. The molecule has 2 aromatic carbocycles. The number of barbiturate groups is 1. The zero-order valence-corrected chi connectivity index (χ0v) is 16.9. The van der Waals surface area contributed by atoms with Gasteiger partial charge < -0.3 is 0 Å². The molecule has 0 radical (unpaired) electrons. The molecule has 0 aliphatic carbocycles. The maximum atomic E-state index is 13.5. The van der Waals surface area contributed by atoms with E-state index in [0.717, 1.165) is 11.1 Å². The lowest BCUT2D eigenvalue weighted by Gasteiger charge is -2.46. The number of carbonyl (C=O) groups is 3. The summed E-state index contributed by atoms with van der Waals surface area (Å²) < 4.78 is 0. The minimum absolute atomic E-state index is 0.128. The lowest BCUT2D eigenvalue weighted by atomic mass is 9.70. The number of rotatable bonds is 7. The number of amides is 4. The SMILES string of the molecule is C=CCC1(C(C)C)C(=O)N(Cc2ccccc2)C(=O)N(Cc2ccccc2)C1=O. The maximum Gasteiger partial charge on any atom is 0.334 e. The van der Waals surface area contributed by atoms with Crippen LogP contribution in [0.5, 0.6) is 0 Å². The number of carbonyl (C=O) groups excluding carboxylic acids is 3. The molecule has 0 atom stereocenters. The molecule has 0 saturated carbocycles. The Bertz CT molecular complexity index is 843. The van der Waals surface area contributed by atoms with Crippen LogP contribution >= 0.6 is 0 Å². The van der Waals surface area contributed by atoms with Crippen molar-refractivity contribution in [3.8, 4) is 0 Å². The van der Waals surface area contributed by atoms with E-state index in [2.05, 4.69) is 6.58 Å². The molecular weight excluding hydrogens is 364 g/mol. The highest BCUT2D eigenvalue weighted by molar-refractivity contribution is 6.19. The molecule has 1 saturated heterocycles. The van der Waals surface area contributed by atoms with Crippen LogP contribution in [-0.4, -0.2) is 27.6 Å². The first kappa shape index (κ1) is 20.5. The van der Waals surface area contributed by atoms with Gasteiger partial charge in [0.15, 0.2) is 0 Å². The van der Waals surface area contributed by atoms with E-state index in [1.165, 1.54) is 9.80 Å². The van der Waals surface area contributed by atoms with E-state index in [1.807, 2.05) is 74.5 Å². The van der Waals surface area contributed by atoms with Crippen molar-refractivity contribution in [2.45, 2.75) is 33.4 Å². The van der Waals surface area contributed by atoms with Gasteiger partial charge in [0.25, 0.3) is 0 Å². The fourth-order valence-electron chi connectivity index (χ4n) is 3.84. The second-order valence-corrected chi connectivity index (χ2v) is 7.66. The average Bonchev–Trinajstić information content (AvgIpc) is 2.73. The van der Waals surface area contributed by atoms with Crippen molar-refractivity contribution in [1.29, 1.82) is 0 Å². The van der Waals surface area contributed by atoms with Crippen molar-refractivity contribution < 1.29 is 14.4 Å². The maximum absolute atomic E-state index is 13.5. The Hall–Kier alpha value is -3.21.